The van der Waals surface area contributed by atoms with Crippen LogP contribution in [0.25, 0.3) is 16.8 Å². The quantitative estimate of drug-likeness (QED) is 0.322. The summed E-state index contributed by atoms with van der Waals surface area (Å²) < 4.78 is 2.00. The minimum Gasteiger partial charge on any atom is -0.363 e. The molecule has 1 atom stereocenters. The molecule has 0 bridgehead atoms. The standard InChI is InChI=1S/C29H28N4/c1-20(24-15-9-5-10-16-24)30-28-26(19-23-13-7-4-8-14-23)21(2)31-29-27(22(3)32-33(28)29)25-17-11-6-12-18-25/h4-18,20,30H,19H2,1-3H3. The Labute approximate surface area is 195 Å². The second kappa shape index (κ2) is 8.91. The maximum absolute atomic E-state index is 5.07. The molecule has 4 heteroatoms. The van der Waals surface area contributed by atoms with Gasteiger partial charge in [-0.1, -0.05) is 91.0 Å². The van der Waals surface area contributed by atoms with Gasteiger partial charge in [-0.15, -0.1) is 0 Å². The van der Waals surface area contributed by atoms with Gasteiger partial charge in [0.05, 0.1) is 5.69 Å². The van der Waals surface area contributed by atoms with E-state index in [0.29, 0.717) is 0 Å². The maximum Gasteiger partial charge on any atom is 0.165 e. The first kappa shape index (κ1) is 21.0. The van der Waals surface area contributed by atoms with Crippen molar-refractivity contribution in [1.82, 2.24) is 14.6 Å². The number of hydrogen-bond donors (Lipinski definition) is 1. The second-order valence-corrected chi connectivity index (χ2v) is 8.53. The monoisotopic (exact) mass is 432 g/mol. The van der Waals surface area contributed by atoms with Crippen LogP contribution < -0.4 is 5.32 Å². The fourth-order valence-corrected chi connectivity index (χ4v) is 4.43. The van der Waals surface area contributed by atoms with Crippen molar-refractivity contribution in [3.05, 3.63) is 119 Å². The topological polar surface area (TPSA) is 42.2 Å². The Morgan fingerprint density at radius 1 is 0.788 bits per heavy atom. The largest absolute Gasteiger partial charge is 0.363 e. The zero-order valence-corrected chi connectivity index (χ0v) is 19.3. The predicted molar refractivity (Wildman–Crippen MR) is 136 cm³/mol. The molecule has 3 aromatic carbocycles. The lowest BCUT2D eigenvalue weighted by Gasteiger charge is -2.21. The number of aryl methyl sites for hydroxylation is 2. The normalized spacial score (nSPS) is 12.1. The Morgan fingerprint density at radius 2 is 1.39 bits per heavy atom. The van der Waals surface area contributed by atoms with E-state index in [2.05, 4.69) is 111 Å². The molecule has 5 rings (SSSR count). The molecule has 0 fully saturated rings. The van der Waals surface area contributed by atoms with Crippen LogP contribution in [-0.4, -0.2) is 14.6 Å². The van der Waals surface area contributed by atoms with Gasteiger partial charge in [0.1, 0.15) is 5.82 Å². The third kappa shape index (κ3) is 4.12. The number of nitrogens with one attached hydrogen (secondary N) is 1. The number of benzene rings is 3. The number of aromatic nitrogens is 3. The highest BCUT2D eigenvalue weighted by atomic mass is 15.3. The summed E-state index contributed by atoms with van der Waals surface area (Å²) in [5.41, 5.74) is 8.75. The van der Waals surface area contributed by atoms with Crippen molar-refractivity contribution in [1.29, 1.82) is 0 Å². The molecule has 0 radical (unpaired) electrons. The zero-order chi connectivity index (χ0) is 22.8. The van der Waals surface area contributed by atoms with Gasteiger partial charge in [0.2, 0.25) is 0 Å². The molecule has 2 heterocycles. The summed E-state index contributed by atoms with van der Waals surface area (Å²) in [4.78, 5) is 5.07. The van der Waals surface area contributed by atoms with Gasteiger partial charge in [0, 0.05) is 29.3 Å². The van der Waals surface area contributed by atoms with E-state index in [1.165, 1.54) is 16.7 Å². The third-order valence-electron chi connectivity index (χ3n) is 6.18. The number of rotatable bonds is 6. The molecular weight excluding hydrogens is 404 g/mol. The first-order chi connectivity index (χ1) is 16.1. The Bertz CT molecular complexity index is 1370. The SMILES string of the molecule is Cc1nc2c(-c3ccccc3)c(C)nn2c(NC(C)c2ccccc2)c1Cc1ccccc1. The second-order valence-electron chi connectivity index (χ2n) is 8.53. The molecule has 4 nitrogen and oxygen atoms in total. The van der Waals surface area contributed by atoms with Crippen molar-refractivity contribution in [3.63, 3.8) is 0 Å². The molecule has 2 aromatic heterocycles. The lowest BCUT2D eigenvalue weighted by Crippen LogP contribution is -2.15. The summed E-state index contributed by atoms with van der Waals surface area (Å²) >= 11 is 0. The van der Waals surface area contributed by atoms with E-state index in [-0.39, 0.29) is 6.04 Å². The van der Waals surface area contributed by atoms with Crippen LogP contribution in [-0.2, 0) is 6.42 Å². The Kier molecular flexibility index (Phi) is 5.66. The van der Waals surface area contributed by atoms with Gasteiger partial charge in [-0.2, -0.15) is 9.61 Å². The van der Waals surface area contributed by atoms with E-state index in [9.17, 15) is 0 Å². The molecule has 0 saturated carbocycles. The first-order valence-electron chi connectivity index (χ1n) is 11.4. The molecule has 0 aliphatic rings. The van der Waals surface area contributed by atoms with Crippen LogP contribution >= 0.6 is 0 Å². The third-order valence-corrected chi connectivity index (χ3v) is 6.18. The highest BCUT2D eigenvalue weighted by Gasteiger charge is 2.21. The van der Waals surface area contributed by atoms with E-state index < -0.39 is 0 Å². The molecular formula is C29H28N4. The van der Waals surface area contributed by atoms with E-state index in [1.54, 1.807) is 0 Å². The van der Waals surface area contributed by atoms with E-state index >= 15 is 0 Å². The molecule has 0 spiro atoms. The van der Waals surface area contributed by atoms with E-state index in [4.69, 9.17) is 10.1 Å². The fraction of sp³-hybridized carbons (Fsp3) is 0.172. The van der Waals surface area contributed by atoms with Crippen LogP contribution in [0.4, 0.5) is 5.82 Å². The molecule has 0 aliphatic heterocycles. The average Bonchev–Trinajstić information content (AvgIpc) is 3.18. The minimum absolute atomic E-state index is 0.121. The van der Waals surface area contributed by atoms with Crippen molar-refractivity contribution in [2.45, 2.75) is 33.2 Å². The van der Waals surface area contributed by atoms with Crippen molar-refractivity contribution in [3.8, 4) is 11.1 Å². The summed E-state index contributed by atoms with van der Waals surface area (Å²) in [5, 5.41) is 8.75. The number of hydrogen-bond acceptors (Lipinski definition) is 3. The van der Waals surface area contributed by atoms with E-state index in [0.717, 1.165) is 40.4 Å². The van der Waals surface area contributed by atoms with Crippen LogP contribution in [0.2, 0.25) is 0 Å². The number of anilines is 1. The molecule has 164 valence electrons. The summed E-state index contributed by atoms with van der Waals surface area (Å²) in [6, 6.07) is 31.6. The molecule has 0 saturated heterocycles. The summed E-state index contributed by atoms with van der Waals surface area (Å²) in [6.45, 7) is 6.36. The summed E-state index contributed by atoms with van der Waals surface area (Å²) in [6.07, 6.45) is 0.791. The summed E-state index contributed by atoms with van der Waals surface area (Å²) in [5.74, 6) is 1.00. The Morgan fingerprint density at radius 3 is 2.06 bits per heavy atom. The zero-order valence-electron chi connectivity index (χ0n) is 19.3. The Balaban J connectivity index is 1.70. The first-order valence-corrected chi connectivity index (χ1v) is 11.4. The van der Waals surface area contributed by atoms with Crippen molar-refractivity contribution < 1.29 is 0 Å². The van der Waals surface area contributed by atoms with Gasteiger partial charge in [-0.05, 0) is 37.5 Å². The van der Waals surface area contributed by atoms with E-state index in [1.807, 2.05) is 10.6 Å². The van der Waals surface area contributed by atoms with Crippen molar-refractivity contribution in [2.75, 3.05) is 5.32 Å². The van der Waals surface area contributed by atoms with Crippen LogP contribution in [0.15, 0.2) is 91.0 Å². The van der Waals surface area contributed by atoms with Crippen molar-refractivity contribution in [2.24, 2.45) is 0 Å². The smallest absolute Gasteiger partial charge is 0.165 e. The molecule has 1 N–H and O–H groups in total. The predicted octanol–water partition coefficient (Wildman–Crippen LogP) is 6.78. The lowest BCUT2D eigenvalue weighted by molar-refractivity contribution is 0.820. The van der Waals surface area contributed by atoms with Gasteiger partial charge in [-0.25, -0.2) is 4.98 Å². The Hall–Kier alpha value is -3.92. The fourth-order valence-electron chi connectivity index (χ4n) is 4.43. The van der Waals surface area contributed by atoms with Gasteiger partial charge in [-0.3, -0.25) is 0 Å². The summed E-state index contributed by atoms with van der Waals surface area (Å²) in [7, 11) is 0. The average molecular weight is 433 g/mol. The maximum atomic E-state index is 5.07. The highest BCUT2D eigenvalue weighted by Crippen LogP contribution is 2.33. The number of nitrogens with zero attached hydrogens (tertiary/aromatic N) is 3. The lowest BCUT2D eigenvalue weighted by atomic mass is 10.0. The molecule has 1 unspecified atom stereocenters. The molecule has 33 heavy (non-hydrogen) atoms. The molecule has 0 aliphatic carbocycles. The van der Waals surface area contributed by atoms with Gasteiger partial charge in [0.15, 0.2) is 5.65 Å². The molecule has 0 amide bonds. The van der Waals surface area contributed by atoms with Crippen LogP contribution in [0.1, 0.15) is 41.0 Å². The van der Waals surface area contributed by atoms with Crippen molar-refractivity contribution >= 4 is 11.5 Å². The minimum atomic E-state index is 0.121. The van der Waals surface area contributed by atoms with Crippen LogP contribution in [0.5, 0.6) is 0 Å². The molecule has 5 aromatic rings. The van der Waals surface area contributed by atoms with Crippen LogP contribution in [0.3, 0.4) is 0 Å². The highest BCUT2D eigenvalue weighted by molar-refractivity contribution is 5.81. The van der Waals surface area contributed by atoms with Crippen LogP contribution in [0, 0.1) is 13.8 Å². The van der Waals surface area contributed by atoms with Gasteiger partial charge in [0.25, 0.3) is 0 Å². The van der Waals surface area contributed by atoms with Gasteiger partial charge >= 0.3 is 0 Å². The number of fused-ring (bicyclic) bond motifs is 1. The van der Waals surface area contributed by atoms with Gasteiger partial charge < -0.3 is 5.32 Å².